The fourth-order valence-corrected chi connectivity index (χ4v) is 2.82. The maximum Gasteiger partial charge on any atom is 0.433 e. The third-order valence-corrected chi connectivity index (χ3v) is 4.48. The smallest absolute Gasteiger partial charge is 0.433 e. The average molecular weight is 393 g/mol. The molecule has 0 aliphatic carbocycles. The summed E-state index contributed by atoms with van der Waals surface area (Å²) in [6.45, 7) is 3.93. The molecule has 0 aliphatic heterocycles. The molecule has 0 bridgehead atoms. The van der Waals surface area contributed by atoms with E-state index < -0.39 is 16.7 Å². The van der Waals surface area contributed by atoms with Crippen molar-refractivity contribution in [2.24, 2.45) is 0 Å². The zero-order chi connectivity index (χ0) is 20.7. The first-order chi connectivity index (χ1) is 13.8. The van der Waals surface area contributed by atoms with E-state index in [0.29, 0.717) is 22.4 Å². The molecular formula is C20H15N3O6. The predicted molar refractivity (Wildman–Crippen MR) is 104 cm³/mol. The number of aromatic nitrogens is 1. The number of anilines is 1. The molecule has 9 heteroatoms. The van der Waals surface area contributed by atoms with Gasteiger partial charge < -0.3 is 19.3 Å². The van der Waals surface area contributed by atoms with Gasteiger partial charge in [-0.3, -0.25) is 14.9 Å². The number of furan rings is 1. The van der Waals surface area contributed by atoms with Crippen molar-refractivity contribution in [3.63, 3.8) is 0 Å². The lowest BCUT2D eigenvalue weighted by molar-refractivity contribution is -0.402. The van der Waals surface area contributed by atoms with E-state index in [1.54, 1.807) is 0 Å². The van der Waals surface area contributed by atoms with E-state index in [0.717, 1.165) is 17.2 Å². The number of nitrogens with one attached hydrogen (secondary N) is 1. The normalized spacial score (nSPS) is 11.0. The van der Waals surface area contributed by atoms with E-state index in [2.05, 4.69) is 10.3 Å². The molecule has 0 saturated heterocycles. The number of fused-ring (bicyclic) bond motifs is 1. The average Bonchev–Trinajstić information content (AvgIpc) is 3.31. The molecule has 0 atom stereocenters. The molecule has 0 radical (unpaired) electrons. The number of carbonyl (C=O) groups is 1. The first-order valence-corrected chi connectivity index (χ1v) is 8.58. The number of carbonyl (C=O) groups excluding carboxylic acids is 1. The largest absolute Gasteiger partial charge is 0.507 e. The summed E-state index contributed by atoms with van der Waals surface area (Å²) in [7, 11) is 0. The Morgan fingerprint density at radius 3 is 2.59 bits per heavy atom. The number of hydrogen-bond acceptors (Lipinski definition) is 7. The van der Waals surface area contributed by atoms with Crippen LogP contribution < -0.4 is 5.32 Å². The van der Waals surface area contributed by atoms with Gasteiger partial charge in [-0.05, 0) is 61.4 Å². The van der Waals surface area contributed by atoms with Crippen LogP contribution in [0.3, 0.4) is 0 Å². The number of aromatic hydroxyl groups is 1. The highest BCUT2D eigenvalue weighted by atomic mass is 16.6. The Hall–Kier alpha value is -4.14. The fourth-order valence-electron chi connectivity index (χ4n) is 2.82. The number of hydrogen-bond donors (Lipinski definition) is 2. The SMILES string of the molecule is Cc1cc2nc(-c3cc(NC(=O)c4ccc([N+](=O)[O-])o4)ccc3O)oc2cc1C. The van der Waals surface area contributed by atoms with Gasteiger partial charge in [-0.2, -0.15) is 0 Å². The molecule has 0 spiro atoms. The van der Waals surface area contributed by atoms with Crippen LogP contribution in [0.25, 0.3) is 22.6 Å². The predicted octanol–water partition coefficient (Wildman–Crippen LogP) is 4.57. The van der Waals surface area contributed by atoms with Crippen molar-refractivity contribution < 1.29 is 23.7 Å². The molecule has 4 rings (SSSR count). The van der Waals surface area contributed by atoms with Crippen LogP contribution in [0.4, 0.5) is 11.6 Å². The topological polar surface area (TPSA) is 132 Å². The Kier molecular flexibility index (Phi) is 4.27. The lowest BCUT2D eigenvalue weighted by Crippen LogP contribution is -2.10. The summed E-state index contributed by atoms with van der Waals surface area (Å²) < 4.78 is 10.7. The van der Waals surface area contributed by atoms with Crippen LogP contribution >= 0.6 is 0 Å². The molecule has 146 valence electrons. The summed E-state index contributed by atoms with van der Waals surface area (Å²) in [5.74, 6) is -1.28. The van der Waals surface area contributed by atoms with Crippen molar-refractivity contribution in [2.75, 3.05) is 5.32 Å². The summed E-state index contributed by atoms with van der Waals surface area (Å²) in [5.41, 5.74) is 3.98. The Bertz CT molecular complexity index is 1230. The van der Waals surface area contributed by atoms with Gasteiger partial charge in [-0.1, -0.05) is 0 Å². The minimum absolute atomic E-state index is 0.0726. The number of rotatable bonds is 4. The Morgan fingerprint density at radius 2 is 1.86 bits per heavy atom. The van der Waals surface area contributed by atoms with Gasteiger partial charge in [0.25, 0.3) is 5.91 Å². The van der Waals surface area contributed by atoms with Crippen LogP contribution in [-0.2, 0) is 0 Å². The third kappa shape index (κ3) is 3.41. The zero-order valence-corrected chi connectivity index (χ0v) is 15.4. The maximum atomic E-state index is 12.3. The molecule has 2 N–H and O–H groups in total. The lowest BCUT2D eigenvalue weighted by Gasteiger charge is -2.06. The second-order valence-electron chi connectivity index (χ2n) is 6.50. The Morgan fingerprint density at radius 1 is 1.10 bits per heavy atom. The molecule has 0 aliphatic rings. The Labute approximate surface area is 163 Å². The van der Waals surface area contributed by atoms with Crippen LogP contribution in [0.2, 0.25) is 0 Å². The van der Waals surface area contributed by atoms with Gasteiger partial charge in [0, 0.05) is 5.69 Å². The van der Waals surface area contributed by atoms with Gasteiger partial charge in [-0.15, -0.1) is 0 Å². The van der Waals surface area contributed by atoms with Crippen LogP contribution in [0.1, 0.15) is 21.7 Å². The van der Waals surface area contributed by atoms with E-state index in [4.69, 9.17) is 8.83 Å². The summed E-state index contributed by atoms with van der Waals surface area (Å²) in [6, 6.07) is 10.4. The van der Waals surface area contributed by atoms with Crippen molar-refractivity contribution in [2.45, 2.75) is 13.8 Å². The molecule has 9 nitrogen and oxygen atoms in total. The lowest BCUT2D eigenvalue weighted by atomic mass is 10.1. The summed E-state index contributed by atoms with van der Waals surface area (Å²) in [6.07, 6.45) is 0. The number of nitro groups is 1. The second-order valence-corrected chi connectivity index (χ2v) is 6.50. The highest BCUT2D eigenvalue weighted by Crippen LogP contribution is 2.34. The number of nitrogens with zero attached hydrogens (tertiary/aromatic N) is 2. The number of aryl methyl sites for hydroxylation is 2. The molecule has 4 aromatic rings. The highest BCUT2D eigenvalue weighted by Gasteiger charge is 2.19. The van der Waals surface area contributed by atoms with Crippen molar-refractivity contribution in [3.8, 4) is 17.2 Å². The second kappa shape index (κ2) is 6.79. The number of oxazole rings is 1. The van der Waals surface area contributed by atoms with Crippen molar-refractivity contribution in [1.82, 2.24) is 4.98 Å². The van der Waals surface area contributed by atoms with Crippen molar-refractivity contribution in [3.05, 3.63) is 69.5 Å². The molecule has 0 saturated carbocycles. The van der Waals surface area contributed by atoms with Gasteiger partial charge in [0.15, 0.2) is 11.3 Å². The van der Waals surface area contributed by atoms with E-state index in [1.165, 1.54) is 24.3 Å². The standard InChI is InChI=1S/C20H15N3O6/c1-10-7-14-17(8-11(10)2)29-20(22-14)13-9-12(3-4-15(13)24)21-19(25)16-5-6-18(28-16)23(26)27/h3-9,24H,1-2H3,(H,21,25). The highest BCUT2D eigenvalue weighted by molar-refractivity contribution is 6.02. The van der Waals surface area contributed by atoms with Gasteiger partial charge in [0.1, 0.15) is 16.2 Å². The summed E-state index contributed by atoms with van der Waals surface area (Å²) in [4.78, 5) is 26.6. The molecule has 29 heavy (non-hydrogen) atoms. The van der Waals surface area contributed by atoms with Crippen LogP contribution in [0, 0.1) is 24.0 Å². The molecule has 2 aromatic heterocycles. The fraction of sp³-hybridized carbons (Fsp3) is 0.100. The zero-order valence-electron chi connectivity index (χ0n) is 15.4. The van der Waals surface area contributed by atoms with E-state index in [-0.39, 0.29) is 17.4 Å². The molecule has 2 aromatic carbocycles. The van der Waals surface area contributed by atoms with Crippen LogP contribution in [0.15, 0.2) is 51.3 Å². The first kappa shape index (κ1) is 18.2. The number of phenols is 1. The van der Waals surface area contributed by atoms with Crippen molar-refractivity contribution in [1.29, 1.82) is 0 Å². The monoisotopic (exact) mass is 393 g/mol. The van der Waals surface area contributed by atoms with E-state index in [1.807, 2.05) is 26.0 Å². The number of benzene rings is 2. The molecule has 0 unspecified atom stereocenters. The number of amides is 1. The quantitative estimate of drug-likeness (QED) is 0.295. The van der Waals surface area contributed by atoms with E-state index in [9.17, 15) is 20.0 Å². The molecule has 2 heterocycles. The minimum atomic E-state index is -0.730. The molecular weight excluding hydrogens is 378 g/mol. The number of phenolic OH excluding ortho intramolecular Hbond substituents is 1. The van der Waals surface area contributed by atoms with Crippen molar-refractivity contribution >= 4 is 28.6 Å². The van der Waals surface area contributed by atoms with Gasteiger partial charge in [-0.25, -0.2) is 4.98 Å². The van der Waals surface area contributed by atoms with Gasteiger partial charge in [0.2, 0.25) is 5.89 Å². The minimum Gasteiger partial charge on any atom is -0.507 e. The van der Waals surface area contributed by atoms with Crippen LogP contribution in [-0.4, -0.2) is 20.9 Å². The van der Waals surface area contributed by atoms with Gasteiger partial charge in [0.05, 0.1) is 11.6 Å². The van der Waals surface area contributed by atoms with Gasteiger partial charge >= 0.3 is 5.88 Å². The molecule has 1 amide bonds. The first-order valence-electron chi connectivity index (χ1n) is 8.58. The third-order valence-electron chi connectivity index (χ3n) is 4.48. The summed E-state index contributed by atoms with van der Waals surface area (Å²) >= 11 is 0. The van der Waals surface area contributed by atoms with E-state index >= 15 is 0 Å². The molecule has 0 fully saturated rings. The van der Waals surface area contributed by atoms with Crippen LogP contribution in [0.5, 0.6) is 5.75 Å². The maximum absolute atomic E-state index is 12.3. The summed E-state index contributed by atoms with van der Waals surface area (Å²) in [5, 5.41) is 23.5. The Balaban J connectivity index is 1.65.